The van der Waals surface area contributed by atoms with Crippen molar-refractivity contribution < 1.29 is 28.2 Å². The Hall–Kier alpha value is -4.33. The van der Waals surface area contributed by atoms with Crippen LogP contribution in [0.4, 0.5) is 15.8 Å². The number of hydrogen-bond donors (Lipinski definition) is 1. The highest BCUT2D eigenvalue weighted by Gasteiger charge is 2.41. The minimum Gasteiger partial charge on any atom is -0.497 e. The molecular formula is C26H23FN2O5. The lowest BCUT2D eigenvalue weighted by molar-refractivity contribution is -0.120. The number of nitrogens with zero attached hydrogens (tertiary/aromatic N) is 1. The lowest BCUT2D eigenvalue weighted by Crippen LogP contribution is -2.32. The molecule has 0 radical (unpaired) electrons. The summed E-state index contributed by atoms with van der Waals surface area (Å²) < 4.78 is 29.9. The quantitative estimate of drug-likeness (QED) is 0.492. The van der Waals surface area contributed by atoms with E-state index < -0.39 is 17.6 Å². The number of anilines is 2. The third-order valence-electron chi connectivity index (χ3n) is 5.26. The predicted molar refractivity (Wildman–Crippen MR) is 127 cm³/mol. The van der Waals surface area contributed by atoms with E-state index in [1.165, 1.54) is 38.5 Å². The average Bonchev–Trinajstić information content (AvgIpc) is 3.09. The standard InChI is InChI=1S/C26H23FN2O5/c1-4-34-22-8-6-5-7-21(22)28-24-23(16-9-11-17(27)12-10-16)25(30)29(26(24)31)18-13-19(32-2)15-20(14-18)33-3/h5-15,28H,4H2,1-3H3. The maximum Gasteiger partial charge on any atom is 0.282 e. The molecule has 0 unspecified atom stereocenters. The van der Waals surface area contributed by atoms with Crippen molar-refractivity contribution in [3.8, 4) is 17.2 Å². The van der Waals surface area contributed by atoms with Crippen molar-refractivity contribution in [1.82, 2.24) is 0 Å². The van der Waals surface area contributed by atoms with Crippen LogP contribution < -0.4 is 24.4 Å². The zero-order valence-corrected chi connectivity index (χ0v) is 18.9. The lowest BCUT2D eigenvalue weighted by atomic mass is 10.0. The van der Waals surface area contributed by atoms with Gasteiger partial charge in [-0.1, -0.05) is 24.3 Å². The second-order valence-corrected chi connectivity index (χ2v) is 7.33. The largest absolute Gasteiger partial charge is 0.497 e. The van der Waals surface area contributed by atoms with Gasteiger partial charge in [-0.15, -0.1) is 0 Å². The van der Waals surface area contributed by atoms with Crippen LogP contribution in [0.3, 0.4) is 0 Å². The smallest absolute Gasteiger partial charge is 0.282 e. The number of methoxy groups -OCH3 is 2. The number of benzene rings is 3. The fourth-order valence-electron chi connectivity index (χ4n) is 3.67. The lowest BCUT2D eigenvalue weighted by Gasteiger charge is -2.18. The number of carbonyl (C=O) groups excluding carboxylic acids is 2. The molecule has 1 aliphatic heterocycles. The number of imide groups is 1. The Morgan fingerprint density at radius 1 is 0.882 bits per heavy atom. The van der Waals surface area contributed by atoms with Gasteiger partial charge in [0, 0.05) is 18.2 Å². The summed E-state index contributed by atoms with van der Waals surface area (Å²) in [4.78, 5) is 28.3. The van der Waals surface area contributed by atoms with Crippen LogP contribution in [0.15, 0.2) is 72.4 Å². The zero-order chi connectivity index (χ0) is 24.2. The Kier molecular flexibility index (Phi) is 6.49. The molecular weight excluding hydrogens is 439 g/mol. The molecule has 7 nitrogen and oxygen atoms in total. The van der Waals surface area contributed by atoms with E-state index in [1.807, 2.05) is 13.0 Å². The molecule has 0 bridgehead atoms. The third-order valence-corrected chi connectivity index (χ3v) is 5.26. The number of amides is 2. The Morgan fingerprint density at radius 2 is 1.53 bits per heavy atom. The molecule has 0 saturated heterocycles. The van der Waals surface area contributed by atoms with Gasteiger partial charge in [-0.05, 0) is 36.8 Å². The van der Waals surface area contributed by atoms with Crippen molar-refractivity contribution in [2.75, 3.05) is 31.0 Å². The highest BCUT2D eigenvalue weighted by atomic mass is 19.1. The second-order valence-electron chi connectivity index (χ2n) is 7.33. The first kappa shape index (κ1) is 22.8. The summed E-state index contributed by atoms with van der Waals surface area (Å²) in [5, 5.41) is 3.08. The molecule has 34 heavy (non-hydrogen) atoms. The number of hydrogen-bond acceptors (Lipinski definition) is 6. The molecule has 3 aromatic rings. The predicted octanol–water partition coefficient (Wildman–Crippen LogP) is 4.64. The molecule has 0 fully saturated rings. The van der Waals surface area contributed by atoms with Gasteiger partial charge in [0.2, 0.25) is 0 Å². The molecule has 8 heteroatoms. The van der Waals surface area contributed by atoms with Crippen molar-refractivity contribution in [2.24, 2.45) is 0 Å². The minimum atomic E-state index is -0.578. The highest BCUT2D eigenvalue weighted by Crippen LogP contribution is 2.38. The topological polar surface area (TPSA) is 77.1 Å². The number of rotatable bonds is 8. The average molecular weight is 462 g/mol. The summed E-state index contributed by atoms with van der Waals surface area (Å²) in [6.07, 6.45) is 0. The number of carbonyl (C=O) groups is 2. The molecule has 0 spiro atoms. The van der Waals surface area contributed by atoms with Gasteiger partial charge in [0.25, 0.3) is 11.8 Å². The molecule has 1 N–H and O–H groups in total. The maximum absolute atomic E-state index is 13.6. The van der Waals surface area contributed by atoms with Crippen molar-refractivity contribution in [2.45, 2.75) is 6.92 Å². The SMILES string of the molecule is CCOc1ccccc1NC1=C(c2ccc(F)cc2)C(=O)N(c2cc(OC)cc(OC)c2)C1=O. The molecule has 2 amide bonds. The third kappa shape index (κ3) is 4.30. The summed E-state index contributed by atoms with van der Waals surface area (Å²) in [7, 11) is 2.96. The van der Waals surface area contributed by atoms with Gasteiger partial charge in [0.05, 0.1) is 37.8 Å². The maximum atomic E-state index is 13.6. The first-order valence-corrected chi connectivity index (χ1v) is 10.6. The number of para-hydroxylation sites is 2. The van der Waals surface area contributed by atoms with E-state index in [0.29, 0.717) is 35.1 Å². The van der Waals surface area contributed by atoms with E-state index in [1.54, 1.807) is 36.4 Å². The monoisotopic (exact) mass is 462 g/mol. The minimum absolute atomic E-state index is 0.0468. The van der Waals surface area contributed by atoms with Gasteiger partial charge < -0.3 is 19.5 Å². The van der Waals surface area contributed by atoms with E-state index in [0.717, 1.165) is 4.90 Å². The fourth-order valence-corrected chi connectivity index (χ4v) is 3.67. The van der Waals surface area contributed by atoms with Crippen LogP contribution in [0.1, 0.15) is 12.5 Å². The van der Waals surface area contributed by atoms with Crippen molar-refractivity contribution in [1.29, 1.82) is 0 Å². The Morgan fingerprint density at radius 3 is 2.15 bits per heavy atom. The summed E-state index contributed by atoms with van der Waals surface area (Å²) in [5.74, 6) is -0.235. The van der Waals surface area contributed by atoms with E-state index >= 15 is 0 Å². The van der Waals surface area contributed by atoms with Crippen molar-refractivity contribution in [3.05, 3.63) is 83.8 Å². The number of nitrogens with one attached hydrogen (secondary N) is 1. The molecule has 3 aromatic carbocycles. The molecule has 1 heterocycles. The molecule has 174 valence electrons. The molecule has 0 aromatic heterocycles. The fraction of sp³-hybridized carbons (Fsp3) is 0.154. The van der Waals surface area contributed by atoms with Crippen LogP contribution >= 0.6 is 0 Å². The molecule has 0 saturated carbocycles. The molecule has 0 atom stereocenters. The van der Waals surface area contributed by atoms with E-state index in [-0.39, 0.29) is 17.0 Å². The first-order valence-electron chi connectivity index (χ1n) is 10.6. The van der Waals surface area contributed by atoms with Crippen LogP contribution in [0.5, 0.6) is 17.2 Å². The van der Waals surface area contributed by atoms with Crippen LogP contribution in [0, 0.1) is 5.82 Å². The van der Waals surface area contributed by atoms with Crippen molar-refractivity contribution in [3.63, 3.8) is 0 Å². The highest BCUT2D eigenvalue weighted by molar-refractivity contribution is 6.46. The van der Waals surface area contributed by atoms with E-state index in [2.05, 4.69) is 5.32 Å². The second kappa shape index (κ2) is 9.66. The first-order chi connectivity index (χ1) is 16.5. The number of halogens is 1. The van der Waals surface area contributed by atoms with Crippen LogP contribution in [-0.4, -0.2) is 32.6 Å². The van der Waals surface area contributed by atoms with E-state index in [4.69, 9.17) is 14.2 Å². The normalized spacial score (nSPS) is 13.4. The van der Waals surface area contributed by atoms with E-state index in [9.17, 15) is 14.0 Å². The van der Waals surface area contributed by atoms with Gasteiger partial charge in [-0.25, -0.2) is 9.29 Å². The van der Waals surface area contributed by atoms with Gasteiger partial charge in [0.15, 0.2) is 0 Å². The summed E-state index contributed by atoms with van der Waals surface area (Å²) >= 11 is 0. The van der Waals surface area contributed by atoms with Crippen LogP contribution in [-0.2, 0) is 9.59 Å². The van der Waals surface area contributed by atoms with Gasteiger partial charge in [0.1, 0.15) is 28.8 Å². The summed E-state index contributed by atoms with van der Waals surface area (Å²) in [5.41, 5.74) is 1.35. The molecule has 4 rings (SSSR count). The zero-order valence-electron chi connectivity index (χ0n) is 18.9. The van der Waals surface area contributed by atoms with Crippen LogP contribution in [0.2, 0.25) is 0 Å². The summed E-state index contributed by atoms with van der Waals surface area (Å²) in [6, 6.07) is 17.3. The van der Waals surface area contributed by atoms with Gasteiger partial charge in [-0.3, -0.25) is 9.59 Å². The molecule has 0 aliphatic carbocycles. The summed E-state index contributed by atoms with van der Waals surface area (Å²) in [6.45, 7) is 2.27. The van der Waals surface area contributed by atoms with Crippen molar-refractivity contribution >= 4 is 28.8 Å². The Labute approximate surface area is 196 Å². The van der Waals surface area contributed by atoms with Gasteiger partial charge >= 0.3 is 0 Å². The van der Waals surface area contributed by atoms with Crippen LogP contribution in [0.25, 0.3) is 5.57 Å². The molecule has 1 aliphatic rings. The Bertz CT molecular complexity index is 1250. The number of ether oxygens (including phenoxy) is 3. The Balaban J connectivity index is 1.84. The van der Waals surface area contributed by atoms with Gasteiger partial charge in [-0.2, -0.15) is 0 Å².